The first-order valence-corrected chi connectivity index (χ1v) is 8.04. The van der Waals surface area contributed by atoms with Crippen LogP contribution in [0.4, 0.5) is 10.1 Å². The average molecular weight is 306 g/mol. The van der Waals surface area contributed by atoms with E-state index in [1.165, 1.54) is 17.4 Å². The summed E-state index contributed by atoms with van der Waals surface area (Å²) >= 11 is 1.29. The van der Waals surface area contributed by atoms with Crippen LogP contribution in [-0.4, -0.2) is 23.9 Å². The quantitative estimate of drug-likeness (QED) is 0.872. The molecule has 2 unspecified atom stereocenters. The predicted octanol–water partition coefficient (Wildman–Crippen LogP) is 3.74. The lowest BCUT2D eigenvalue weighted by atomic mass is 9.92. The number of halogens is 1. The maximum atomic E-state index is 13.9. The van der Waals surface area contributed by atoms with Crippen molar-refractivity contribution in [2.24, 2.45) is 11.8 Å². The Morgan fingerprint density at radius 2 is 2.00 bits per heavy atom. The van der Waals surface area contributed by atoms with E-state index in [2.05, 4.69) is 13.8 Å². The second kappa shape index (κ2) is 5.30. The Hall–Kier alpha value is -1.62. The lowest BCUT2D eigenvalue weighted by molar-refractivity contribution is 0.0629. The van der Waals surface area contributed by atoms with Crippen molar-refractivity contribution < 1.29 is 9.18 Å². The second-order valence-electron chi connectivity index (χ2n) is 6.11. The topological polar surface area (TPSA) is 46.3 Å². The van der Waals surface area contributed by atoms with Gasteiger partial charge in [-0.25, -0.2) is 4.39 Å². The maximum Gasteiger partial charge on any atom is 0.266 e. The zero-order chi connectivity index (χ0) is 15.1. The van der Waals surface area contributed by atoms with Gasteiger partial charge in [0.05, 0.1) is 11.1 Å². The van der Waals surface area contributed by atoms with Gasteiger partial charge < -0.3 is 10.6 Å². The summed E-state index contributed by atoms with van der Waals surface area (Å²) < 4.78 is 14.6. The van der Waals surface area contributed by atoms with Crippen molar-refractivity contribution in [1.82, 2.24) is 4.90 Å². The van der Waals surface area contributed by atoms with Crippen LogP contribution in [0.2, 0.25) is 0 Å². The molecular formula is C16H19FN2OS. The number of thiophene rings is 1. The van der Waals surface area contributed by atoms with Gasteiger partial charge in [0.15, 0.2) is 0 Å². The fourth-order valence-corrected chi connectivity index (χ4v) is 4.36. The molecule has 2 heterocycles. The number of piperidine rings is 1. The summed E-state index contributed by atoms with van der Waals surface area (Å²) in [6.07, 6.45) is 1.14. The van der Waals surface area contributed by atoms with E-state index in [9.17, 15) is 9.18 Å². The summed E-state index contributed by atoms with van der Waals surface area (Å²) in [5, 5.41) is 0.379. The Balaban J connectivity index is 1.98. The zero-order valence-corrected chi connectivity index (χ0v) is 13.0. The Morgan fingerprint density at radius 3 is 2.62 bits per heavy atom. The molecule has 112 valence electrons. The predicted molar refractivity (Wildman–Crippen MR) is 85.0 cm³/mol. The van der Waals surface area contributed by atoms with Gasteiger partial charge in [0.1, 0.15) is 10.7 Å². The Morgan fingerprint density at radius 1 is 1.33 bits per heavy atom. The van der Waals surface area contributed by atoms with Crippen LogP contribution in [0, 0.1) is 17.7 Å². The molecule has 3 nitrogen and oxygen atoms in total. The van der Waals surface area contributed by atoms with Crippen molar-refractivity contribution in [3.63, 3.8) is 0 Å². The number of benzene rings is 1. The van der Waals surface area contributed by atoms with Gasteiger partial charge in [-0.05, 0) is 30.4 Å². The van der Waals surface area contributed by atoms with E-state index < -0.39 is 0 Å². The van der Waals surface area contributed by atoms with Crippen molar-refractivity contribution >= 4 is 33.0 Å². The lowest BCUT2D eigenvalue weighted by Gasteiger charge is -2.34. The van der Waals surface area contributed by atoms with Gasteiger partial charge >= 0.3 is 0 Å². The van der Waals surface area contributed by atoms with E-state index in [0.29, 0.717) is 22.1 Å². The van der Waals surface area contributed by atoms with Gasteiger partial charge in [0.2, 0.25) is 0 Å². The number of fused-ring (bicyclic) bond motifs is 1. The van der Waals surface area contributed by atoms with Crippen molar-refractivity contribution in [2.45, 2.75) is 20.3 Å². The van der Waals surface area contributed by atoms with E-state index >= 15 is 0 Å². The molecule has 1 saturated heterocycles. The molecule has 1 aliphatic heterocycles. The van der Waals surface area contributed by atoms with Crippen molar-refractivity contribution in [1.29, 1.82) is 0 Å². The first kappa shape index (κ1) is 14.3. The van der Waals surface area contributed by atoms with Gasteiger partial charge in [0, 0.05) is 17.8 Å². The number of likely N-dealkylation sites (tertiary alicyclic amines) is 1. The number of nitrogens with zero attached hydrogens (tertiary/aromatic N) is 1. The van der Waals surface area contributed by atoms with E-state index in [1.807, 2.05) is 4.90 Å². The highest BCUT2D eigenvalue weighted by Gasteiger charge is 2.29. The number of rotatable bonds is 1. The van der Waals surface area contributed by atoms with Crippen LogP contribution in [0.15, 0.2) is 18.2 Å². The van der Waals surface area contributed by atoms with Gasteiger partial charge in [-0.1, -0.05) is 19.9 Å². The third-order valence-electron chi connectivity index (χ3n) is 4.05. The van der Waals surface area contributed by atoms with Gasteiger partial charge in [0.25, 0.3) is 5.91 Å². The van der Waals surface area contributed by atoms with Crippen LogP contribution in [0.1, 0.15) is 29.9 Å². The number of hydrogen-bond acceptors (Lipinski definition) is 3. The molecule has 1 fully saturated rings. The zero-order valence-electron chi connectivity index (χ0n) is 12.2. The van der Waals surface area contributed by atoms with Gasteiger partial charge in [-0.2, -0.15) is 0 Å². The van der Waals surface area contributed by atoms with Gasteiger partial charge in [-0.3, -0.25) is 4.79 Å². The molecule has 1 aromatic heterocycles. The second-order valence-corrected chi connectivity index (χ2v) is 7.17. The van der Waals surface area contributed by atoms with Crippen LogP contribution in [0.5, 0.6) is 0 Å². The number of nitrogen functional groups attached to an aromatic ring is 1. The van der Waals surface area contributed by atoms with E-state index in [4.69, 9.17) is 5.73 Å². The van der Waals surface area contributed by atoms with Crippen LogP contribution in [0.25, 0.3) is 10.1 Å². The minimum Gasteiger partial charge on any atom is -0.397 e. The minimum atomic E-state index is -0.360. The van der Waals surface area contributed by atoms with E-state index in [0.717, 1.165) is 24.2 Å². The highest BCUT2D eigenvalue weighted by molar-refractivity contribution is 7.21. The van der Waals surface area contributed by atoms with Crippen molar-refractivity contribution in [2.75, 3.05) is 18.8 Å². The summed E-state index contributed by atoms with van der Waals surface area (Å²) in [6.45, 7) is 5.81. The SMILES string of the molecule is CC1CC(C)CN(C(=O)c2sc3cccc(F)c3c2N)C1. The smallest absolute Gasteiger partial charge is 0.266 e. The molecule has 0 aliphatic carbocycles. The number of hydrogen-bond donors (Lipinski definition) is 1. The summed E-state index contributed by atoms with van der Waals surface area (Å²) in [4.78, 5) is 15.1. The molecule has 21 heavy (non-hydrogen) atoms. The number of anilines is 1. The molecule has 1 amide bonds. The molecule has 5 heteroatoms. The fraction of sp³-hybridized carbons (Fsp3) is 0.438. The van der Waals surface area contributed by atoms with Crippen LogP contribution in [-0.2, 0) is 0 Å². The summed E-state index contributed by atoms with van der Waals surface area (Å²) in [7, 11) is 0. The fourth-order valence-electron chi connectivity index (χ4n) is 3.26. The Labute approximate surface area is 127 Å². The minimum absolute atomic E-state index is 0.0634. The van der Waals surface area contributed by atoms with Crippen molar-refractivity contribution in [3.8, 4) is 0 Å². The molecule has 1 aromatic carbocycles. The summed E-state index contributed by atoms with van der Waals surface area (Å²) in [5.41, 5.74) is 6.32. The normalized spacial score (nSPS) is 22.7. The maximum absolute atomic E-state index is 13.9. The third-order valence-corrected chi connectivity index (χ3v) is 5.21. The molecule has 2 aromatic rings. The number of carbonyl (C=O) groups excluding carboxylic acids is 1. The van der Waals surface area contributed by atoms with Gasteiger partial charge in [-0.15, -0.1) is 11.3 Å². The first-order valence-electron chi connectivity index (χ1n) is 7.23. The summed E-state index contributed by atoms with van der Waals surface area (Å²) in [5.74, 6) is 0.558. The summed E-state index contributed by atoms with van der Waals surface area (Å²) in [6, 6.07) is 4.83. The molecule has 2 N–H and O–H groups in total. The standard InChI is InChI=1S/C16H19FN2OS/c1-9-6-10(2)8-19(7-9)16(20)15-14(18)13-11(17)4-3-5-12(13)21-15/h3-5,9-10H,6-8,18H2,1-2H3. The average Bonchev–Trinajstić information content (AvgIpc) is 2.75. The molecule has 2 atom stereocenters. The molecule has 1 aliphatic rings. The van der Waals surface area contributed by atoms with E-state index in [1.54, 1.807) is 12.1 Å². The van der Waals surface area contributed by atoms with E-state index in [-0.39, 0.29) is 17.4 Å². The number of carbonyl (C=O) groups is 1. The molecule has 3 rings (SSSR count). The number of amides is 1. The highest BCUT2D eigenvalue weighted by Crippen LogP contribution is 2.36. The molecular weight excluding hydrogens is 287 g/mol. The highest BCUT2D eigenvalue weighted by atomic mass is 32.1. The van der Waals surface area contributed by atoms with Crippen LogP contribution in [0.3, 0.4) is 0 Å². The monoisotopic (exact) mass is 306 g/mol. The molecule has 0 saturated carbocycles. The van der Waals surface area contributed by atoms with Crippen LogP contribution < -0.4 is 5.73 Å². The molecule has 0 radical (unpaired) electrons. The Bertz CT molecular complexity index is 687. The Kier molecular flexibility index (Phi) is 3.61. The third kappa shape index (κ3) is 2.50. The first-order chi connectivity index (χ1) is 9.97. The largest absolute Gasteiger partial charge is 0.397 e. The van der Waals surface area contributed by atoms with Crippen LogP contribution >= 0.6 is 11.3 Å². The van der Waals surface area contributed by atoms with Crippen molar-refractivity contribution in [3.05, 3.63) is 28.9 Å². The molecule has 0 bridgehead atoms. The lowest BCUT2D eigenvalue weighted by Crippen LogP contribution is -2.42. The molecule has 0 spiro atoms. The number of nitrogens with two attached hydrogens (primary N) is 1.